The van der Waals surface area contributed by atoms with Gasteiger partial charge >= 0.3 is 5.97 Å². The summed E-state index contributed by atoms with van der Waals surface area (Å²) in [6.07, 6.45) is 7.65. The van der Waals surface area contributed by atoms with Gasteiger partial charge in [0.2, 0.25) is 5.91 Å². The molecule has 0 aromatic heterocycles. The SMILES string of the molecule is CC(CN(C(=O)C1CC1)C1CCCCC1)C(=O)O. The smallest absolute Gasteiger partial charge is 0.308 e. The summed E-state index contributed by atoms with van der Waals surface area (Å²) in [6.45, 7) is 2.08. The molecule has 0 aromatic rings. The van der Waals surface area contributed by atoms with Gasteiger partial charge in [0.15, 0.2) is 0 Å². The van der Waals surface area contributed by atoms with Gasteiger partial charge in [0, 0.05) is 18.5 Å². The first-order valence-corrected chi connectivity index (χ1v) is 7.13. The Hall–Kier alpha value is -1.06. The van der Waals surface area contributed by atoms with Gasteiger partial charge in [-0.2, -0.15) is 0 Å². The molecule has 1 N–H and O–H groups in total. The maximum absolute atomic E-state index is 12.3. The Labute approximate surface area is 108 Å². The van der Waals surface area contributed by atoms with Crippen LogP contribution in [0.1, 0.15) is 51.9 Å². The third kappa shape index (κ3) is 3.24. The summed E-state index contributed by atoms with van der Waals surface area (Å²) < 4.78 is 0. The van der Waals surface area contributed by atoms with E-state index < -0.39 is 11.9 Å². The molecule has 18 heavy (non-hydrogen) atoms. The number of carbonyl (C=O) groups is 2. The van der Waals surface area contributed by atoms with Gasteiger partial charge in [-0.1, -0.05) is 26.2 Å². The quantitative estimate of drug-likeness (QED) is 0.817. The van der Waals surface area contributed by atoms with Crippen LogP contribution >= 0.6 is 0 Å². The Morgan fingerprint density at radius 3 is 2.28 bits per heavy atom. The molecule has 4 nitrogen and oxygen atoms in total. The highest BCUT2D eigenvalue weighted by Gasteiger charge is 2.37. The van der Waals surface area contributed by atoms with Crippen LogP contribution in [0.15, 0.2) is 0 Å². The van der Waals surface area contributed by atoms with E-state index >= 15 is 0 Å². The second-order valence-electron chi connectivity index (χ2n) is 5.80. The lowest BCUT2D eigenvalue weighted by Crippen LogP contribution is -2.45. The number of hydrogen-bond acceptors (Lipinski definition) is 2. The highest BCUT2D eigenvalue weighted by Crippen LogP contribution is 2.34. The van der Waals surface area contributed by atoms with Crippen LogP contribution in [0.2, 0.25) is 0 Å². The van der Waals surface area contributed by atoms with E-state index in [-0.39, 0.29) is 17.9 Å². The van der Waals surface area contributed by atoms with Gasteiger partial charge in [-0.15, -0.1) is 0 Å². The van der Waals surface area contributed by atoms with E-state index in [9.17, 15) is 9.59 Å². The lowest BCUT2D eigenvalue weighted by Gasteiger charge is -2.35. The summed E-state index contributed by atoms with van der Waals surface area (Å²) >= 11 is 0. The normalized spacial score (nSPS) is 22.5. The monoisotopic (exact) mass is 253 g/mol. The van der Waals surface area contributed by atoms with Gasteiger partial charge in [-0.25, -0.2) is 0 Å². The van der Waals surface area contributed by atoms with E-state index in [2.05, 4.69) is 0 Å². The zero-order valence-corrected chi connectivity index (χ0v) is 11.1. The van der Waals surface area contributed by atoms with E-state index in [1.54, 1.807) is 6.92 Å². The number of carbonyl (C=O) groups excluding carboxylic acids is 1. The maximum Gasteiger partial charge on any atom is 0.308 e. The Morgan fingerprint density at radius 1 is 1.17 bits per heavy atom. The molecule has 1 atom stereocenters. The predicted octanol–water partition coefficient (Wildman–Crippen LogP) is 2.28. The largest absolute Gasteiger partial charge is 0.481 e. The molecule has 0 spiro atoms. The second-order valence-corrected chi connectivity index (χ2v) is 5.80. The van der Waals surface area contributed by atoms with Gasteiger partial charge in [-0.3, -0.25) is 9.59 Å². The number of aliphatic carboxylic acids is 1. The molecule has 4 heteroatoms. The number of rotatable bonds is 5. The standard InChI is InChI=1S/C14H23NO3/c1-10(14(17)18)9-15(13(16)11-7-8-11)12-5-3-2-4-6-12/h10-12H,2-9H2,1H3,(H,17,18). The van der Waals surface area contributed by atoms with Crippen molar-refractivity contribution in [2.45, 2.75) is 57.9 Å². The minimum atomic E-state index is -0.806. The first kappa shape index (κ1) is 13.4. The van der Waals surface area contributed by atoms with Crippen molar-refractivity contribution in [2.24, 2.45) is 11.8 Å². The zero-order valence-electron chi connectivity index (χ0n) is 11.1. The van der Waals surface area contributed by atoms with Crippen LogP contribution in [0.25, 0.3) is 0 Å². The van der Waals surface area contributed by atoms with Gasteiger partial charge in [0.1, 0.15) is 0 Å². The second kappa shape index (κ2) is 5.72. The summed E-state index contributed by atoms with van der Waals surface area (Å²) in [7, 11) is 0. The first-order valence-electron chi connectivity index (χ1n) is 7.13. The maximum atomic E-state index is 12.3. The minimum Gasteiger partial charge on any atom is -0.481 e. The minimum absolute atomic E-state index is 0.188. The number of hydrogen-bond donors (Lipinski definition) is 1. The Balaban J connectivity index is 2.01. The fourth-order valence-electron chi connectivity index (χ4n) is 2.75. The van der Waals surface area contributed by atoms with Crippen LogP contribution in [0.5, 0.6) is 0 Å². The Kier molecular flexibility index (Phi) is 4.25. The van der Waals surface area contributed by atoms with Crippen molar-refractivity contribution >= 4 is 11.9 Å². The number of carboxylic acids is 1. The zero-order chi connectivity index (χ0) is 13.1. The fourth-order valence-corrected chi connectivity index (χ4v) is 2.75. The van der Waals surface area contributed by atoms with Gasteiger partial charge in [-0.05, 0) is 25.7 Å². The molecule has 2 saturated carbocycles. The van der Waals surface area contributed by atoms with Crippen molar-refractivity contribution in [3.05, 3.63) is 0 Å². The van der Waals surface area contributed by atoms with E-state index in [4.69, 9.17) is 5.11 Å². The fraction of sp³-hybridized carbons (Fsp3) is 0.857. The summed E-state index contributed by atoms with van der Waals surface area (Å²) in [5.74, 6) is -0.878. The molecule has 1 unspecified atom stereocenters. The Morgan fingerprint density at radius 2 is 1.78 bits per heavy atom. The molecule has 2 aliphatic carbocycles. The van der Waals surface area contributed by atoms with Crippen molar-refractivity contribution in [3.8, 4) is 0 Å². The first-order chi connectivity index (χ1) is 8.59. The molecule has 0 heterocycles. The van der Waals surface area contributed by atoms with E-state index in [1.807, 2.05) is 4.90 Å². The lowest BCUT2D eigenvalue weighted by atomic mass is 9.93. The van der Waals surface area contributed by atoms with Crippen molar-refractivity contribution in [1.82, 2.24) is 4.90 Å². The lowest BCUT2D eigenvalue weighted by molar-refractivity contribution is -0.144. The summed E-state index contributed by atoms with van der Waals surface area (Å²) in [5.41, 5.74) is 0. The van der Waals surface area contributed by atoms with Gasteiger partial charge in [0.05, 0.1) is 5.92 Å². The predicted molar refractivity (Wildman–Crippen MR) is 68.1 cm³/mol. The summed E-state index contributed by atoms with van der Waals surface area (Å²) in [6, 6.07) is 0.286. The molecule has 2 fully saturated rings. The molecule has 0 saturated heterocycles. The topological polar surface area (TPSA) is 57.6 Å². The van der Waals surface area contributed by atoms with E-state index in [0.717, 1.165) is 25.7 Å². The van der Waals surface area contributed by atoms with Crippen LogP contribution < -0.4 is 0 Å². The molecule has 0 radical (unpaired) electrons. The molecule has 1 amide bonds. The molecule has 0 bridgehead atoms. The van der Waals surface area contributed by atoms with Crippen molar-refractivity contribution in [2.75, 3.05) is 6.54 Å². The van der Waals surface area contributed by atoms with Crippen molar-refractivity contribution in [3.63, 3.8) is 0 Å². The summed E-state index contributed by atoms with van der Waals surface area (Å²) in [5, 5.41) is 9.03. The molecular formula is C14H23NO3. The number of amides is 1. The van der Waals surface area contributed by atoms with Crippen LogP contribution in [0.4, 0.5) is 0 Å². The molecule has 0 aromatic carbocycles. The Bertz CT molecular complexity index is 319. The molecule has 2 aliphatic rings. The van der Waals surface area contributed by atoms with Gasteiger partial charge < -0.3 is 10.0 Å². The number of carboxylic acid groups (broad SMARTS) is 1. The molecular weight excluding hydrogens is 230 g/mol. The highest BCUT2D eigenvalue weighted by molar-refractivity contribution is 5.82. The molecule has 2 rings (SSSR count). The third-order valence-corrected chi connectivity index (χ3v) is 4.12. The van der Waals surface area contributed by atoms with Crippen molar-refractivity contribution in [1.29, 1.82) is 0 Å². The van der Waals surface area contributed by atoms with Crippen molar-refractivity contribution < 1.29 is 14.7 Å². The van der Waals surface area contributed by atoms with Crippen LogP contribution in [-0.2, 0) is 9.59 Å². The van der Waals surface area contributed by atoms with Crippen LogP contribution in [0, 0.1) is 11.8 Å². The molecule has 0 aliphatic heterocycles. The van der Waals surface area contributed by atoms with Gasteiger partial charge in [0.25, 0.3) is 0 Å². The molecule has 102 valence electrons. The van der Waals surface area contributed by atoms with Crippen LogP contribution in [0.3, 0.4) is 0 Å². The van der Waals surface area contributed by atoms with Crippen LogP contribution in [-0.4, -0.2) is 34.5 Å². The highest BCUT2D eigenvalue weighted by atomic mass is 16.4. The average molecular weight is 253 g/mol. The summed E-state index contributed by atoms with van der Waals surface area (Å²) in [4.78, 5) is 25.2. The van der Waals surface area contributed by atoms with E-state index in [1.165, 1.54) is 19.3 Å². The average Bonchev–Trinajstić information content (AvgIpc) is 3.20. The third-order valence-electron chi connectivity index (χ3n) is 4.12. The number of nitrogens with zero attached hydrogens (tertiary/aromatic N) is 1. The van der Waals surface area contributed by atoms with E-state index in [0.29, 0.717) is 6.54 Å².